The lowest BCUT2D eigenvalue weighted by atomic mass is 9.97. The van der Waals surface area contributed by atoms with Crippen molar-refractivity contribution in [3.8, 4) is 11.4 Å². The monoisotopic (exact) mass is 437 g/mol. The number of pyridine rings is 1. The van der Waals surface area contributed by atoms with Gasteiger partial charge in [-0.05, 0) is 49.2 Å². The minimum atomic E-state index is -0.283. The molecule has 0 bridgehead atoms. The molecule has 0 aliphatic rings. The maximum Gasteiger partial charge on any atom is 0.123 e. The van der Waals surface area contributed by atoms with Crippen molar-refractivity contribution in [3.63, 3.8) is 0 Å². The number of fused-ring (bicyclic) bond motifs is 1. The highest BCUT2D eigenvalue weighted by Crippen LogP contribution is 2.33. The van der Waals surface area contributed by atoms with Gasteiger partial charge < -0.3 is 4.98 Å². The number of rotatable bonds is 7. The van der Waals surface area contributed by atoms with Crippen molar-refractivity contribution in [2.75, 3.05) is 0 Å². The number of aromatic nitrogens is 4. The molecule has 164 valence electrons. The van der Waals surface area contributed by atoms with Crippen molar-refractivity contribution in [1.29, 1.82) is 0 Å². The Labute approximate surface area is 191 Å². The van der Waals surface area contributed by atoms with Crippen LogP contribution in [0.15, 0.2) is 85.2 Å². The summed E-state index contributed by atoms with van der Waals surface area (Å²) in [5, 5.41) is 8.52. The summed E-state index contributed by atoms with van der Waals surface area (Å²) < 4.78 is 13.9. The van der Waals surface area contributed by atoms with Crippen LogP contribution in [-0.2, 0) is 0 Å². The molecule has 5 nitrogen and oxygen atoms in total. The molecule has 0 aliphatic carbocycles. The van der Waals surface area contributed by atoms with Crippen LogP contribution in [0.5, 0.6) is 0 Å². The Balaban J connectivity index is 1.82. The van der Waals surface area contributed by atoms with E-state index in [2.05, 4.69) is 38.3 Å². The van der Waals surface area contributed by atoms with Gasteiger partial charge in [0.15, 0.2) is 0 Å². The molecule has 4 rings (SSSR count). The largest absolute Gasteiger partial charge is 0.357 e. The number of allylic oxidation sites excluding steroid dienone is 4. The third kappa shape index (κ3) is 4.36. The highest BCUT2D eigenvalue weighted by atomic mass is 19.1. The van der Waals surface area contributed by atoms with Crippen LogP contribution in [0.1, 0.15) is 29.4 Å². The molecule has 3 heterocycles. The van der Waals surface area contributed by atoms with Crippen LogP contribution in [0.25, 0.3) is 33.4 Å². The van der Waals surface area contributed by atoms with Gasteiger partial charge in [-0.25, -0.2) is 4.39 Å². The molecule has 0 spiro atoms. The summed E-state index contributed by atoms with van der Waals surface area (Å²) in [6.45, 7) is 11.4. The third-order valence-corrected chi connectivity index (χ3v) is 5.35. The Bertz CT molecular complexity index is 1430. The first-order valence-corrected chi connectivity index (χ1v) is 10.5. The zero-order valence-corrected chi connectivity index (χ0v) is 18.6. The SMILES string of the molecule is C=C/C=C(/c1cccc(F)c1)c1cc(-c2n[nH]c3cnc(/C(C=NC=C)=C/C)cc23)[nH]c1C. The van der Waals surface area contributed by atoms with Crippen LogP contribution in [0, 0.1) is 12.7 Å². The summed E-state index contributed by atoms with van der Waals surface area (Å²) in [5.41, 5.74) is 7.67. The topological polar surface area (TPSA) is 69.7 Å². The summed E-state index contributed by atoms with van der Waals surface area (Å²) in [6, 6.07) is 10.6. The van der Waals surface area contributed by atoms with E-state index in [1.807, 2.05) is 44.2 Å². The van der Waals surface area contributed by atoms with Gasteiger partial charge in [0.2, 0.25) is 0 Å². The number of aromatic amines is 2. The highest BCUT2D eigenvalue weighted by molar-refractivity contribution is 6.10. The van der Waals surface area contributed by atoms with E-state index in [0.717, 1.165) is 56.0 Å². The van der Waals surface area contributed by atoms with Gasteiger partial charge in [-0.2, -0.15) is 5.10 Å². The summed E-state index contributed by atoms with van der Waals surface area (Å²) >= 11 is 0. The maximum atomic E-state index is 13.9. The summed E-state index contributed by atoms with van der Waals surface area (Å²) in [5.74, 6) is -0.283. The quantitative estimate of drug-likeness (QED) is 0.251. The van der Waals surface area contributed by atoms with Crippen molar-refractivity contribution in [3.05, 3.63) is 109 Å². The number of halogens is 1. The molecule has 3 aromatic heterocycles. The molecule has 2 N–H and O–H groups in total. The first-order valence-electron chi connectivity index (χ1n) is 10.5. The van der Waals surface area contributed by atoms with Gasteiger partial charge in [-0.1, -0.05) is 43.5 Å². The van der Waals surface area contributed by atoms with Gasteiger partial charge in [0, 0.05) is 34.6 Å². The van der Waals surface area contributed by atoms with Crippen molar-refractivity contribution in [2.45, 2.75) is 13.8 Å². The van der Waals surface area contributed by atoms with E-state index in [1.54, 1.807) is 24.6 Å². The second-order valence-electron chi connectivity index (χ2n) is 7.44. The molecule has 6 heteroatoms. The summed E-state index contributed by atoms with van der Waals surface area (Å²) in [7, 11) is 0. The first kappa shape index (κ1) is 21.9. The molecule has 33 heavy (non-hydrogen) atoms. The molecule has 0 radical (unpaired) electrons. The molecule has 0 saturated heterocycles. The van der Waals surface area contributed by atoms with Crippen molar-refractivity contribution < 1.29 is 4.39 Å². The Morgan fingerprint density at radius 2 is 2.03 bits per heavy atom. The number of benzene rings is 1. The molecule has 1 aromatic carbocycles. The van der Waals surface area contributed by atoms with Crippen LogP contribution in [0.2, 0.25) is 0 Å². The minimum Gasteiger partial charge on any atom is -0.357 e. The third-order valence-electron chi connectivity index (χ3n) is 5.35. The van der Waals surface area contributed by atoms with Gasteiger partial charge in [0.25, 0.3) is 0 Å². The molecule has 0 unspecified atom stereocenters. The van der Waals surface area contributed by atoms with Gasteiger partial charge in [0.05, 0.1) is 23.1 Å². The molecule has 0 saturated carbocycles. The lowest BCUT2D eigenvalue weighted by Gasteiger charge is -2.07. The molecular weight excluding hydrogens is 413 g/mol. The second kappa shape index (κ2) is 9.44. The number of aliphatic imine (C=N–C) groups is 1. The molecule has 0 aliphatic heterocycles. The van der Waals surface area contributed by atoms with Gasteiger partial charge in [0.1, 0.15) is 11.5 Å². The minimum absolute atomic E-state index is 0.283. The van der Waals surface area contributed by atoms with Gasteiger partial charge >= 0.3 is 0 Å². The zero-order valence-electron chi connectivity index (χ0n) is 18.6. The van der Waals surface area contributed by atoms with E-state index in [1.165, 1.54) is 18.3 Å². The van der Waals surface area contributed by atoms with E-state index >= 15 is 0 Å². The lowest BCUT2D eigenvalue weighted by Crippen LogP contribution is -1.90. The number of H-pyrrole nitrogens is 2. The number of aryl methyl sites for hydroxylation is 1. The number of nitrogens with zero attached hydrogens (tertiary/aromatic N) is 3. The summed E-state index contributed by atoms with van der Waals surface area (Å²) in [6.07, 6.45) is 10.5. The Hall–Kier alpha value is -4.32. The predicted molar refractivity (Wildman–Crippen MR) is 134 cm³/mol. The number of hydrogen-bond donors (Lipinski definition) is 2. The lowest BCUT2D eigenvalue weighted by molar-refractivity contribution is 0.627. The van der Waals surface area contributed by atoms with E-state index in [0.29, 0.717) is 0 Å². The Kier molecular flexibility index (Phi) is 6.26. The van der Waals surface area contributed by atoms with Crippen LogP contribution >= 0.6 is 0 Å². The smallest absolute Gasteiger partial charge is 0.123 e. The van der Waals surface area contributed by atoms with E-state index in [9.17, 15) is 4.39 Å². The van der Waals surface area contributed by atoms with Gasteiger partial charge in [-0.15, -0.1) is 0 Å². The van der Waals surface area contributed by atoms with Crippen LogP contribution in [0.3, 0.4) is 0 Å². The fraction of sp³-hybridized carbons (Fsp3) is 0.0741. The van der Waals surface area contributed by atoms with Crippen molar-refractivity contribution in [2.24, 2.45) is 4.99 Å². The Morgan fingerprint density at radius 3 is 2.76 bits per heavy atom. The van der Waals surface area contributed by atoms with Crippen molar-refractivity contribution in [1.82, 2.24) is 20.2 Å². The first-order chi connectivity index (χ1) is 16.0. The Morgan fingerprint density at radius 1 is 1.18 bits per heavy atom. The second-order valence-corrected chi connectivity index (χ2v) is 7.44. The maximum absolute atomic E-state index is 13.9. The molecule has 0 atom stereocenters. The average molecular weight is 438 g/mol. The average Bonchev–Trinajstić information content (AvgIpc) is 3.41. The van der Waals surface area contributed by atoms with Crippen LogP contribution in [-0.4, -0.2) is 26.4 Å². The fourth-order valence-corrected chi connectivity index (χ4v) is 3.78. The predicted octanol–water partition coefficient (Wildman–Crippen LogP) is 6.64. The van der Waals surface area contributed by atoms with Crippen LogP contribution in [0.4, 0.5) is 4.39 Å². The van der Waals surface area contributed by atoms with Gasteiger partial charge in [-0.3, -0.25) is 15.1 Å². The molecule has 0 fully saturated rings. The van der Waals surface area contributed by atoms with E-state index in [-0.39, 0.29) is 5.82 Å². The number of nitrogens with one attached hydrogen (secondary N) is 2. The van der Waals surface area contributed by atoms with E-state index < -0.39 is 0 Å². The van der Waals surface area contributed by atoms with Crippen LogP contribution < -0.4 is 0 Å². The number of hydrogen-bond acceptors (Lipinski definition) is 3. The molecule has 4 aromatic rings. The zero-order chi connectivity index (χ0) is 23.4. The summed E-state index contributed by atoms with van der Waals surface area (Å²) in [4.78, 5) is 12.1. The van der Waals surface area contributed by atoms with E-state index in [4.69, 9.17) is 0 Å². The highest BCUT2D eigenvalue weighted by Gasteiger charge is 2.17. The molecular formula is C27H24FN5. The fourth-order valence-electron chi connectivity index (χ4n) is 3.78. The normalized spacial score (nSPS) is 12.6. The standard InChI is InChI=1S/C27H24FN5/c1-5-9-21(19-10-8-11-20(28)12-19)22-13-25(31-17(22)4)27-23-14-24(18(6-2)15-29-7-3)30-16-26(23)32-33-27/h5-16,31H,1,3H2,2,4H3,(H,32,33)/b18-6+,21-9-,29-15?. The molecule has 0 amide bonds. The van der Waals surface area contributed by atoms with Crippen molar-refractivity contribution >= 4 is 28.3 Å².